The van der Waals surface area contributed by atoms with E-state index in [1.165, 1.54) is 44.5 Å². The minimum Gasteiger partial charge on any atom is -1.00 e. The Hall–Kier alpha value is -3.04. The van der Waals surface area contributed by atoms with Crippen molar-refractivity contribution in [2.24, 2.45) is 0 Å². The Morgan fingerprint density at radius 1 is 0.333 bits per heavy atom. The molecule has 0 atom stereocenters. The van der Waals surface area contributed by atoms with E-state index >= 15 is 0 Å². The average molecular weight is 814 g/mol. The average Bonchev–Trinajstić information content (AvgIpc) is 3.00. The second-order valence-electron chi connectivity index (χ2n) is 9.49. The van der Waals surface area contributed by atoms with Crippen LogP contribution in [0.4, 0.5) is 0 Å². The topological polar surface area (TPSA) is 36.0 Å². The molecule has 8 heteroatoms. The number of rotatable bonds is 7. The Morgan fingerprint density at radius 3 is 0.905 bits per heavy atom. The molecule has 0 spiro atoms. The molecule has 4 aromatic heterocycles. The summed E-state index contributed by atoms with van der Waals surface area (Å²) in [5.41, 5.74) is 9.90. The zero-order valence-electron chi connectivity index (χ0n) is 22.7. The predicted octanol–water partition coefficient (Wildman–Crippen LogP) is -7.00. The van der Waals surface area contributed by atoms with Crippen LogP contribution < -0.4 is 87.0 Å². The molecule has 0 saturated carbocycles. The van der Waals surface area contributed by atoms with E-state index in [1.54, 1.807) is 0 Å². The highest BCUT2D eigenvalue weighted by Crippen LogP contribution is 2.21. The van der Waals surface area contributed by atoms with Crippen LogP contribution in [-0.4, -0.2) is 0 Å². The minimum absolute atomic E-state index is 0. The Bertz CT molecular complexity index is 1490. The first-order valence-corrected chi connectivity index (χ1v) is 12.9. The van der Waals surface area contributed by atoms with Gasteiger partial charge >= 0.3 is 0 Å². The summed E-state index contributed by atoms with van der Waals surface area (Å²) in [5, 5.41) is 0. The normalized spacial score (nSPS) is 9.81. The summed E-state index contributed by atoms with van der Waals surface area (Å²) in [6, 6.07) is 34.8. The van der Waals surface area contributed by atoms with Crippen LogP contribution in [0.3, 0.4) is 0 Å². The monoisotopic (exact) mass is 810 g/mol. The maximum Gasteiger partial charge on any atom is 0.173 e. The highest BCUT2D eigenvalue weighted by Gasteiger charge is 2.08. The summed E-state index contributed by atoms with van der Waals surface area (Å²) < 4.78 is 4.43. The molecule has 4 heterocycles. The van der Waals surface area contributed by atoms with Crippen LogP contribution in [-0.2, 0) is 13.1 Å². The summed E-state index contributed by atoms with van der Waals surface area (Å²) in [5.74, 6) is 0. The molecule has 2 aromatic carbocycles. The second-order valence-corrected chi connectivity index (χ2v) is 9.49. The lowest BCUT2D eigenvalue weighted by Crippen LogP contribution is -3.00. The van der Waals surface area contributed by atoms with Crippen LogP contribution >= 0.6 is 0 Å². The highest BCUT2D eigenvalue weighted by molar-refractivity contribution is 5.64. The van der Waals surface area contributed by atoms with Gasteiger partial charge in [-0.1, -0.05) is 48.5 Å². The van der Waals surface area contributed by atoms with Crippen molar-refractivity contribution in [2.75, 3.05) is 0 Å². The fourth-order valence-electron chi connectivity index (χ4n) is 4.70. The van der Waals surface area contributed by atoms with Crippen LogP contribution in [0.5, 0.6) is 0 Å². The highest BCUT2D eigenvalue weighted by atomic mass is 79.9. The smallest absolute Gasteiger partial charge is 0.173 e. The Morgan fingerprint density at radius 2 is 0.595 bits per heavy atom. The molecule has 2 N–H and O–H groups in total. The van der Waals surface area contributed by atoms with Crippen LogP contribution in [0, 0.1) is 0 Å². The molecule has 0 saturated heterocycles. The van der Waals surface area contributed by atoms with E-state index in [4.69, 9.17) is 0 Å². The lowest BCUT2D eigenvalue weighted by atomic mass is 10.0. The van der Waals surface area contributed by atoms with Gasteiger partial charge < -0.3 is 67.9 Å². The first-order chi connectivity index (χ1) is 18.8. The van der Waals surface area contributed by atoms with Crippen LogP contribution in [0.2, 0.25) is 0 Å². The molecule has 0 bridgehead atoms. The maximum absolute atomic E-state index is 3.07. The van der Waals surface area contributed by atoms with Gasteiger partial charge in [-0.05, 0) is 33.4 Å². The van der Waals surface area contributed by atoms with Crippen LogP contribution in [0.25, 0.3) is 33.4 Å². The predicted molar refractivity (Wildman–Crippen MR) is 147 cm³/mol. The Kier molecular flexibility index (Phi) is 14.4. The summed E-state index contributed by atoms with van der Waals surface area (Å²) >= 11 is 0. The number of hydrogen-bond acceptors (Lipinski definition) is 0. The third kappa shape index (κ3) is 8.98. The van der Waals surface area contributed by atoms with Gasteiger partial charge in [-0.2, -0.15) is 0 Å². The quantitative estimate of drug-likeness (QED) is 0.144. The van der Waals surface area contributed by atoms with Gasteiger partial charge in [-0.3, -0.25) is 0 Å². The van der Waals surface area contributed by atoms with E-state index in [-0.39, 0.29) is 67.9 Å². The molecule has 0 aliphatic heterocycles. The lowest BCUT2D eigenvalue weighted by Gasteiger charge is -2.05. The summed E-state index contributed by atoms with van der Waals surface area (Å²) in [4.78, 5) is 6.15. The number of nitrogens with zero attached hydrogens (tertiary/aromatic N) is 2. The van der Waals surface area contributed by atoms with E-state index < -0.39 is 0 Å². The number of hydrogen-bond donors (Lipinski definition) is 0. The van der Waals surface area contributed by atoms with Crippen molar-refractivity contribution in [3.63, 3.8) is 0 Å². The SMILES string of the molecule is [Br-].[Br-].[Br-].[Br-].c1cc(-c2cc[n+](Cc3ccc(-c4ccc(C[n+]5ccc(-c6cc[nH+]cc6)cc5)cc4)cc3)cc2)cc[nH+]1. The molecule has 4 nitrogen and oxygen atoms in total. The van der Waals surface area contributed by atoms with Crippen LogP contribution in [0.15, 0.2) is 147 Å². The molecule has 0 fully saturated rings. The number of halogens is 4. The number of pyridine rings is 4. The van der Waals surface area contributed by atoms with Crippen molar-refractivity contribution < 1.29 is 87.0 Å². The Balaban J connectivity index is 0.00000154. The third-order valence-electron chi connectivity index (χ3n) is 6.86. The molecule has 0 aliphatic rings. The molecule has 6 rings (SSSR count). The number of nitrogens with one attached hydrogen (secondary N) is 2. The van der Waals surface area contributed by atoms with Gasteiger partial charge in [0.15, 0.2) is 62.7 Å². The van der Waals surface area contributed by atoms with Gasteiger partial charge in [0.05, 0.1) is 0 Å². The fourth-order valence-corrected chi connectivity index (χ4v) is 4.70. The molecule has 6 aromatic rings. The van der Waals surface area contributed by atoms with Crippen molar-refractivity contribution in [3.05, 3.63) is 158 Å². The first-order valence-electron chi connectivity index (χ1n) is 12.9. The summed E-state index contributed by atoms with van der Waals surface area (Å²) in [6.45, 7) is 1.70. The summed E-state index contributed by atoms with van der Waals surface area (Å²) in [6.07, 6.45) is 16.4. The van der Waals surface area contributed by atoms with Crippen molar-refractivity contribution in [1.29, 1.82) is 0 Å². The van der Waals surface area contributed by atoms with Crippen molar-refractivity contribution in [1.82, 2.24) is 0 Å². The summed E-state index contributed by atoms with van der Waals surface area (Å²) in [7, 11) is 0. The van der Waals surface area contributed by atoms with E-state index in [1.807, 2.05) is 24.8 Å². The lowest BCUT2D eigenvalue weighted by molar-refractivity contribution is -0.688. The number of H-pyrrole nitrogens is 2. The zero-order valence-corrected chi connectivity index (χ0v) is 29.0. The van der Waals surface area contributed by atoms with Crippen molar-refractivity contribution in [2.45, 2.75) is 13.1 Å². The number of benzene rings is 2. The van der Waals surface area contributed by atoms with Gasteiger partial charge in [0.2, 0.25) is 0 Å². The Labute approximate surface area is 289 Å². The molecule has 0 radical (unpaired) electrons. The third-order valence-corrected chi connectivity index (χ3v) is 6.86. The van der Waals surface area contributed by atoms with Gasteiger partial charge in [0.25, 0.3) is 0 Å². The van der Waals surface area contributed by atoms with Gasteiger partial charge in [0, 0.05) is 59.7 Å². The van der Waals surface area contributed by atoms with Crippen molar-refractivity contribution >= 4 is 0 Å². The van der Waals surface area contributed by atoms with Gasteiger partial charge in [0.1, 0.15) is 0 Å². The number of aromatic nitrogens is 4. The van der Waals surface area contributed by atoms with Crippen molar-refractivity contribution in [3.8, 4) is 33.4 Å². The fraction of sp³-hybridized carbons (Fsp3) is 0.0588. The van der Waals surface area contributed by atoms with Gasteiger partial charge in [-0.25, -0.2) is 19.1 Å². The standard InChI is InChI=1S/C34H28N4.4BrH/c1-5-29(6-2-27(1)25-37-21-13-33(14-22-37)31-9-17-35-18-10-31)30-7-3-28(4-8-30)26-38-23-15-34(16-24-38)32-11-19-36-20-12-32;;;;/h1-24H,25-26H2;4*1H/q+2;;;;/p-2. The van der Waals surface area contributed by atoms with Crippen LogP contribution in [0.1, 0.15) is 11.1 Å². The molecular formula is C34H30Br4N4. The molecule has 0 aliphatic carbocycles. The maximum atomic E-state index is 3.07. The van der Waals surface area contributed by atoms with E-state index in [2.05, 4.69) is 141 Å². The zero-order chi connectivity index (χ0) is 25.6. The molecule has 0 amide bonds. The molecule has 0 unspecified atom stereocenters. The first kappa shape index (κ1) is 35.2. The minimum atomic E-state index is 0. The largest absolute Gasteiger partial charge is 1.00 e. The van der Waals surface area contributed by atoms with Gasteiger partial charge in [-0.15, -0.1) is 0 Å². The molecule has 214 valence electrons. The second kappa shape index (κ2) is 17.2. The van der Waals surface area contributed by atoms with E-state index in [9.17, 15) is 0 Å². The van der Waals surface area contributed by atoms with E-state index in [0.29, 0.717) is 0 Å². The number of aromatic amines is 2. The van der Waals surface area contributed by atoms with E-state index in [0.717, 1.165) is 13.1 Å². The molecule has 42 heavy (non-hydrogen) atoms. The molecular weight excluding hydrogens is 784 g/mol.